The number of thiazole rings is 1. The standard InChI is InChI=1S/C25H26Cl2N2O3S/c1-3-4-5-6-13-32-22-11-7-17(14-23(22)31-2)8-12-24(30)29-25-28-21(16-33-25)19-10-9-18(26)15-20(19)27/h7-12,14-16H,3-6,13H2,1-2H3,(H,28,29,30). The number of nitrogens with one attached hydrogen (secondary N) is 1. The molecule has 1 amide bonds. The molecule has 8 heteroatoms. The first-order chi connectivity index (χ1) is 16.0. The van der Waals surface area contributed by atoms with Gasteiger partial charge in [-0.05, 0) is 48.4 Å². The number of amides is 1. The van der Waals surface area contributed by atoms with Crippen LogP contribution in [0.5, 0.6) is 11.5 Å². The Labute approximate surface area is 208 Å². The van der Waals surface area contributed by atoms with Crippen LogP contribution in [0.3, 0.4) is 0 Å². The van der Waals surface area contributed by atoms with E-state index in [-0.39, 0.29) is 5.91 Å². The maximum Gasteiger partial charge on any atom is 0.250 e. The zero-order valence-corrected chi connectivity index (χ0v) is 20.9. The van der Waals surface area contributed by atoms with Gasteiger partial charge in [0, 0.05) is 22.0 Å². The van der Waals surface area contributed by atoms with Gasteiger partial charge in [0.2, 0.25) is 5.91 Å². The van der Waals surface area contributed by atoms with Gasteiger partial charge in [0.15, 0.2) is 16.6 Å². The maximum absolute atomic E-state index is 12.4. The lowest BCUT2D eigenvalue weighted by Crippen LogP contribution is -2.07. The predicted molar refractivity (Wildman–Crippen MR) is 138 cm³/mol. The number of ether oxygens (including phenoxy) is 2. The highest BCUT2D eigenvalue weighted by atomic mass is 35.5. The largest absolute Gasteiger partial charge is 0.493 e. The maximum atomic E-state index is 12.4. The van der Waals surface area contributed by atoms with Crippen LogP contribution in [0.15, 0.2) is 47.9 Å². The Morgan fingerprint density at radius 1 is 1.12 bits per heavy atom. The van der Waals surface area contributed by atoms with Gasteiger partial charge in [-0.25, -0.2) is 4.98 Å². The summed E-state index contributed by atoms with van der Waals surface area (Å²) in [5.74, 6) is 1.05. The van der Waals surface area contributed by atoms with Crippen LogP contribution in [0.25, 0.3) is 17.3 Å². The average molecular weight is 505 g/mol. The Morgan fingerprint density at radius 2 is 1.97 bits per heavy atom. The second kappa shape index (κ2) is 12.6. The van der Waals surface area contributed by atoms with Gasteiger partial charge in [0.05, 0.1) is 24.4 Å². The first-order valence-corrected chi connectivity index (χ1v) is 12.3. The normalized spacial score (nSPS) is 11.0. The second-order valence-electron chi connectivity index (χ2n) is 7.30. The molecule has 1 heterocycles. The highest BCUT2D eigenvalue weighted by molar-refractivity contribution is 7.14. The van der Waals surface area contributed by atoms with E-state index in [1.807, 2.05) is 23.6 Å². The summed E-state index contributed by atoms with van der Waals surface area (Å²) in [6.45, 7) is 2.84. The van der Waals surface area contributed by atoms with Gasteiger partial charge < -0.3 is 9.47 Å². The fraction of sp³-hybridized carbons (Fsp3) is 0.280. The number of aromatic nitrogens is 1. The smallest absolute Gasteiger partial charge is 0.250 e. The van der Waals surface area contributed by atoms with Crippen molar-refractivity contribution in [1.82, 2.24) is 4.98 Å². The van der Waals surface area contributed by atoms with Crippen LogP contribution in [0.4, 0.5) is 5.13 Å². The van der Waals surface area contributed by atoms with Crippen molar-refractivity contribution in [1.29, 1.82) is 0 Å². The Balaban J connectivity index is 1.58. The highest BCUT2D eigenvalue weighted by Crippen LogP contribution is 2.32. The molecule has 174 valence electrons. The quantitative estimate of drug-likeness (QED) is 0.214. The number of carbonyl (C=O) groups excluding carboxylic acids is 1. The van der Waals surface area contributed by atoms with E-state index in [9.17, 15) is 4.79 Å². The van der Waals surface area contributed by atoms with Crippen molar-refractivity contribution in [2.24, 2.45) is 0 Å². The van der Waals surface area contributed by atoms with Gasteiger partial charge in [0.25, 0.3) is 0 Å². The lowest BCUT2D eigenvalue weighted by Gasteiger charge is -2.11. The molecule has 0 radical (unpaired) electrons. The lowest BCUT2D eigenvalue weighted by molar-refractivity contribution is -0.111. The number of benzene rings is 2. The number of carbonyl (C=O) groups is 1. The molecule has 1 aromatic heterocycles. The zero-order chi connectivity index (χ0) is 23.6. The number of methoxy groups -OCH3 is 1. The van der Waals surface area contributed by atoms with Gasteiger partial charge >= 0.3 is 0 Å². The molecule has 1 N–H and O–H groups in total. The molecule has 0 fully saturated rings. The van der Waals surface area contributed by atoms with Crippen molar-refractivity contribution in [3.8, 4) is 22.8 Å². The molecule has 0 unspecified atom stereocenters. The number of hydrogen-bond donors (Lipinski definition) is 1. The van der Waals surface area contributed by atoms with E-state index < -0.39 is 0 Å². The fourth-order valence-electron chi connectivity index (χ4n) is 3.09. The van der Waals surface area contributed by atoms with E-state index in [0.29, 0.717) is 39.0 Å². The van der Waals surface area contributed by atoms with Crippen molar-refractivity contribution in [3.05, 3.63) is 63.5 Å². The van der Waals surface area contributed by atoms with Gasteiger partial charge in [-0.15, -0.1) is 11.3 Å². The molecule has 5 nitrogen and oxygen atoms in total. The van der Waals surface area contributed by atoms with Crippen LogP contribution < -0.4 is 14.8 Å². The third-order valence-corrected chi connectivity index (χ3v) is 6.12. The van der Waals surface area contributed by atoms with Crippen molar-refractivity contribution < 1.29 is 14.3 Å². The topological polar surface area (TPSA) is 60.5 Å². The molecule has 0 spiro atoms. The van der Waals surface area contributed by atoms with E-state index in [1.54, 1.807) is 31.4 Å². The number of rotatable bonds is 11. The number of hydrogen-bond acceptors (Lipinski definition) is 5. The highest BCUT2D eigenvalue weighted by Gasteiger charge is 2.10. The Kier molecular flexibility index (Phi) is 9.61. The van der Waals surface area contributed by atoms with Gasteiger partial charge in [-0.3, -0.25) is 10.1 Å². The molecule has 33 heavy (non-hydrogen) atoms. The molecular formula is C25H26Cl2N2O3S. The first kappa shape index (κ1) is 25.1. The SMILES string of the molecule is CCCCCCOc1ccc(C=CC(=O)Nc2nc(-c3ccc(Cl)cc3Cl)cs2)cc1OC. The van der Waals surface area contributed by atoms with Gasteiger partial charge in [0.1, 0.15) is 0 Å². The average Bonchev–Trinajstić information content (AvgIpc) is 3.25. The Hall–Kier alpha value is -2.54. The molecule has 0 aliphatic rings. The van der Waals surface area contributed by atoms with E-state index >= 15 is 0 Å². The summed E-state index contributed by atoms with van der Waals surface area (Å²) in [7, 11) is 1.60. The molecule has 0 aliphatic carbocycles. The molecular weight excluding hydrogens is 479 g/mol. The number of halogens is 2. The van der Waals surface area contributed by atoms with Crippen molar-refractivity contribution in [2.45, 2.75) is 32.6 Å². The summed E-state index contributed by atoms with van der Waals surface area (Å²) in [6, 6.07) is 10.8. The first-order valence-electron chi connectivity index (χ1n) is 10.7. The zero-order valence-electron chi connectivity index (χ0n) is 18.6. The summed E-state index contributed by atoms with van der Waals surface area (Å²) in [5, 5.41) is 6.15. The third-order valence-electron chi connectivity index (χ3n) is 4.81. The third kappa shape index (κ3) is 7.49. The van der Waals surface area contributed by atoms with Crippen LogP contribution in [0.1, 0.15) is 38.2 Å². The summed E-state index contributed by atoms with van der Waals surface area (Å²) >= 11 is 13.5. The Morgan fingerprint density at radius 3 is 2.73 bits per heavy atom. The molecule has 0 aliphatic heterocycles. The summed E-state index contributed by atoms with van der Waals surface area (Å²) in [5.41, 5.74) is 2.26. The summed E-state index contributed by atoms with van der Waals surface area (Å²) < 4.78 is 11.3. The van der Waals surface area contributed by atoms with Crippen LogP contribution in [0.2, 0.25) is 10.0 Å². The molecule has 0 atom stereocenters. The minimum Gasteiger partial charge on any atom is -0.493 e. The summed E-state index contributed by atoms with van der Waals surface area (Å²) in [4.78, 5) is 16.8. The number of anilines is 1. The monoisotopic (exact) mass is 504 g/mol. The van der Waals surface area contributed by atoms with Crippen LogP contribution in [-0.2, 0) is 4.79 Å². The van der Waals surface area contributed by atoms with Crippen LogP contribution in [0, 0.1) is 0 Å². The predicted octanol–water partition coefficient (Wildman–Crippen LogP) is 7.74. The minimum absolute atomic E-state index is 0.284. The van der Waals surface area contributed by atoms with Gasteiger partial charge in [-0.1, -0.05) is 55.5 Å². The number of nitrogens with zero attached hydrogens (tertiary/aromatic N) is 1. The number of unbranched alkanes of at least 4 members (excludes halogenated alkanes) is 3. The summed E-state index contributed by atoms with van der Waals surface area (Å²) in [6.07, 6.45) is 7.75. The molecule has 0 bridgehead atoms. The van der Waals surface area contributed by atoms with E-state index in [0.717, 1.165) is 24.0 Å². The molecule has 0 saturated heterocycles. The van der Waals surface area contributed by atoms with Crippen molar-refractivity contribution >= 4 is 51.7 Å². The van der Waals surface area contributed by atoms with E-state index in [4.69, 9.17) is 32.7 Å². The van der Waals surface area contributed by atoms with Crippen LogP contribution in [-0.4, -0.2) is 24.6 Å². The van der Waals surface area contributed by atoms with Gasteiger partial charge in [-0.2, -0.15) is 0 Å². The molecule has 3 rings (SSSR count). The van der Waals surface area contributed by atoms with E-state index in [1.165, 1.54) is 30.3 Å². The van der Waals surface area contributed by atoms with Crippen LogP contribution >= 0.6 is 34.5 Å². The Bertz CT molecular complexity index is 1110. The lowest BCUT2D eigenvalue weighted by atomic mass is 10.2. The second-order valence-corrected chi connectivity index (χ2v) is 9.01. The van der Waals surface area contributed by atoms with E-state index in [2.05, 4.69) is 17.2 Å². The molecule has 3 aromatic rings. The van der Waals surface area contributed by atoms with Crippen molar-refractivity contribution in [2.75, 3.05) is 19.0 Å². The molecule has 2 aromatic carbocycles. The fourth-order valence-corrected chi connectivity index (χ4v) is 4.31. The molecule has 0 saturated carbocycles. The minimum atomic E-state index is -0.284. The van der Waals surface area contributed by atoms with Crippen molar-refractivity contribution in [3.63, 3.8) is 0 Å².